The maximum Gasteiger partial charge on any atom is 0.407 e. The Morgan fingerprint density at radius 1 is 1.16 bits per heavy atom. The van der Waals surface area contributed by atoms with E-state index in [1.807, 2.05) is 30.3 Å². The minimum absolute atomic E-state index is 0.0707. The molecule has 4 aliphatic rings. The molecule has 0 spiro atoms. The van der Waals surface area contributed by atoms with E-state index in [9.17, 15) is 15.2 Å². The number of amides is 1. The van der Waals surface area contributed by atoms with Crippen molar-refractivity contribution in [1.82, 2.24) is 19.8 Å². The lowest BCUT2D eigenvalue weighted by Gasteiger charge is -2.41. The van der Waals surface area contributed by atoms with Crippen molar-refractivity contribution < 1.29 is 33.6 Å². The van der Waals surface area contributed by atoms with E-state index in [0.29, 0.717) is 43.7 Å². The van der Waals surface area contributed by atoms with Crippen molar-refractivity contribution in [3.05, 3.63) is 51.6 Å². The predicted octanol–water partition coefficient (Wildman–Crippen LogP) is 4.76. The molecule has 1 aromatic heterocycles. The number of aromatic nitrogens is 2. The molecular weight excluding hydrogens is 696 g/mol. The summed E-state index contributed by atoms with van der Waals surface area (Å²) in [5, 5.41) is 21.3. The van der Waals surface area contributed by atoms with Crippen molar-refractivity contribution in [1.29, 1.82) is 5.26 Å². The minimum Gasteiger partial charge on any atom is -0.468 e. The summed E-state index contributed by atoms with van der Waals surface area (Å²) in [4.78, 5) is 27.8. The van der Waals surface area contributed by atoms with Gasteiger partial charge in [0.1, 0.15) is 11.6 Å². The predicted molar refractivity (Wildman–Crippen MR) is 183 cm³/mol. The van der Waals surface area contributed by atoms with Gasteiger partial charge in [-0.3, -0.25) is 4.90 Å². The van der Waals surface area contributed by atoms with E-state index in [-0.39, 0.29) is 37.9 Å². The van der Waals surface area contributed by atoms with Crippen molar-refractivity contribution in [2.75, 3.05) is 77.9 Å². The summed E-state index contributed by atoms with van der Waals surface area (Å²) in [6.45, 7) is 6.25. The second kappa shape index (κ2) is 14.6. The van der Waals surface area contributed by atoms with Gasteiger partial charge in [-0.25, -0.2) is 4.79 Å². The number of halogens is 1. The van der Waals surface area contributed by atoms with Gasteiger partial charge in [0.2, 0.25) is 0 Å². The van der Waals surface area contributed by atoms with E-state index >= 15 is 0 Å². The first-order chi connectivity index (χ1) is 23.9. The molecule has 3 fully saturated rings. The summed E-state index contributed by atoms with van der Waals surface area (Å²) in [7, 11) is 1.59. The lowest BCUT2D eigenvalue weighted by atomic mass is 9.94. The van der Waals surface area contributed by atoms with E-state index in [0.717, 1.165) is 77.8 Å². The number of benzene rings is 2. The van der Waals surface area contributed by atoms with Crippen molar-refractivity contribution in [2.24, 2.45) is 5.41 Å². The van der Waals surface area contributed by atoms with Crippen LogP contribution in [0.3, 0.4) is 0 Å². The largest absolute Gasteiger partial charge is 0.468 e. The van der Waals surface area contributed by atoms with Crippen LogP contribution >= 0.6 is 15.9 Å². The van der Waals surface area contributed by atoms with Crippen LogP contribution in [0.25, 0.3) is 10.8 Å². The smallest absolute Gasteiger partial charge is 0.407 e. The molecule has 0 radical (unpaired) electrons. The second-order valence-electron chi connectivity index (χ2n) is 13.3. The number of hydrogen-bond acceptors (Lipinski definition) is 11. The molecule has 3 aromatic rings. The molecule has 2 unspecified atom stereocenters. The van der Waals surface area contributed by atoms with Crippen LogP contribution in [-0.4, -0.2) is 110 Å². The van der Waals surface area contributed by atoms with E-state index < -0.39 is 12.1 Å². The first-order valence-electron chi connectivity index (χ1n) is 16.8. The molecule has 49 heavy (non-hydrogen) atoms. The van der Waals surface area contributed by atoms with Gasteiger partial charge in [-0.05, 0) is 42.0 Å². The molecule has 14 heteroatoms. The highest BCUT2D eigenvalue weighted by atomic mass is 79.9. The van der Waals surface area contributed by atoms with E-state index in [2.05, 4.69) is 31.8 Å². The topological polar surface area (TPSA) is 143 Å². The molecule has 2 saturated heterocycles. The quantitative estimate of drug-likeness (QED) is 0.271. The standard InChI is InChI=1S/C35H41BrN6O7/c1-45-22-49-25-15-23-3-2-4-28(36)31(23)26(16-25)30-17-29-27(19-47-30)32(41-9-10-42(34(43)44)24(18-41)5-8-37)39-33(38-29)48-21-35(6-7-35)20-40-11-13-46-14-12-40/h2-4,15-16,24,30H,5-7,9-14,17-22H2,1H3,(H,43,44). The van der Waals surface area contributed by atoms with Crippen LogP contribution in [0, 0.1) is 16.7 Å². The van der Waals surface area contributed by atoms with E-state index in [1.54, 1.807) is 7.11 Å². The van der Waals surface area contributed by atoms with Gasteiger partial charge in [-0.1, -0.05) is 28.1 Å². The fourth-order valence-electron chi connectivity index (χ4n) is 7.16. The third-order valence-corrected chi connectivity index (χ3v) is 10.6. The number of rotatable bonds is 11. The van der Waals surface area contributed by atoms with Crippen molar-refractivity contribution in [3.8, 4) is 17.8 Å². The Balaban J connectivity index is 1.21. The third kappa shape index (κ3) is 7.41. The summed E-state index contributed by atoms with van der Waals surface area (Å²) < 4.78 is 30.6. The average Bonchev–Trinajstić information content (AvgIpc) is 3.88. The van der Waals surface area contributed by atoms with Crippen LogP contribution in [0.5, 0.6) is 11.8 Å². The Hall–Kier alpha value is -3.74. The van der Waals surface area contributed by atoms with Gasteiger partial charge in [-0.2, -0.15) is 15.2 Å². The molecule has 1 aliphatic carbocycles. The molecular formula is C35H41BrN6O7. The summed E-state index contributed by atoms with van der Waals surface area (Å²) in [5.74, 6) is 1.35. The molecule has 0 bridgehead atoms. The SMILES string of the molecule is COCOc1cc(C2Cc3nc(OCC4(CN5CCOCC5)CC4)nc(N4CCN(C(=O)O)C(CC#N)C4)c3CO2)c2c(Br)cccc2c1. The lowest BCUT2D eigenvalue weighted by molar-refractivity contribution is 0.0220. The number of nitriles is 1. The zero-order valence-corrected chi connectivity index (χ0v) is 29.2. The summed E-state index contributed by atoms with van der Waals surface area (Å²) in [5.41, 5.74) is 2.72. The molecule has 7 rings (SSSR count). The van der Waals surface area contributed by atoms with Gasteiger partial charge in [0, 0.05) is 73.6 Å². The van der Waals surface area contributed by atoms with E-state index in [4.69, 9.17) is 33.7 Å². The van der Waals surface area contributed by atoms with Gasteiger partial charge < -0.3 is 38.6 Å². The first kappa shape index (κ1) is 33.7. The highest BCUT2D eigenvalue weighted by Crippen LogP contribution is 2.47. The Kier molecular flexibility index (Phi) is 10.1. The Morgan fingerprint density at radius 3 is 2.76 bits per heavy atom. The first-order valence-corrected chi connectivity index (χ1v) is 17.6. The Morgan fingerprint density at radius 2 is 2.00 bits per heavy atom. The maximum absolute atomic E-state index is 12.0. The fourth-order valence-corrected chi connectivity index (χ4v) is 7.77. The summed E-state index contributed by atoms with van der Waals surface area (Å²) in [6, 6.07) is 12.0. The number of hydrogen-bond donors (Lipinski definition) is 1. The molecule has 2 atom stereocenters. The highest BCUT2D eigenvalue weighted by molar-refractivity contribution is 9.10. The zero-order chi connectivity index (χ0) is 34.0. The van der Waals surface area contributed by atoms with Crippen molar-refractivity contribution >= 4 is 38.6 Å². The molecule has 1 saturated carbocycles. The zero-order valence-electron chi connectivity index (χ0n) is 27.6. The fraction of sp³-hybridized carbons (Fsp3) is 0.543. The number of carboxylic acid groups (broad SMARTS) is 1. The molecule has 1 N–H and O–H groups in total. The van der Waals surface area contributed by atoms with Gasteiger partial charge in [0.15, 0.2) is 6.79 Å². The van der Waals surface area contributed by atoms with Crippen LogP contribution in [-0.2, 0) is 27.2 Å². The molecule has 1 amide bonds. The monoisotopic (exact) mass is 736 g/mol. The lowest BCUT2D eigenvalue weighted by Crippen LogP contribution is -2.55. The number of piperazine rings is 1. The van der Waals surface area contributed by atoms with Crippen LogP contribution in [0.4, 0.5) is 10.6 Å². The number of fused-ring (bicyclic) bond motifs is 2. The number of methoxy groups -OCH3 is 1. The summed E-state index contributed by atoms with van der Waals surface area (Å²) in [6.07, 6.45) is 1.39. The Bertz CT molecular complexity index is 1730. The van der Waals surface area contributed by atoms with Crippen molar-refractivity contribution in [3.63, 3.8) is 0 Å². The van der Waals surface area contributed by atoms with Crippen LogP contribution in [0.1, 0.15) is 42.2 Å². The third-order valence-electron chi connectivity index (χ3n) is 9.96. The van der Waals surface area contributed by atoms with Crippen LogP contribution < -0.4 is 14.4 Å². The van der Waals surface area contributed by atoms with Gasteiger partial charge in [-0.15, -0.1) is 0 Å². The van der Waals surface area contributed by atoms with Gasteiger partial charge >= 0.3 is 12.1 Å². The molecule has 4 heterocycles. The minimum atomic E-state index is -1.02. The summed E-state index contributed by atoms with van der Waals surface area (Å²) >= 11 is 3.76. The molecule has 3 aliphatic heterocycles. The number of morpholine rings is 1. The van der Waals surface area contributed by atoms with Crippen LogP contribution in [0.15, 0.2) is 34.8 Å². The second-order valence-corrected chi connectivity index (χ2v) is 14.1. The molecule has 13 nitrogen and oxygen atoms in total. The number of nitrogens with zero attached hydrogens (tertiary/aromatic N) is 6. The van der Waals surface area contributed by atoms with Gasteiger partial charge in [0.05, 0.1) is 56.8 Å². The van der Waals surface area contributed by atoms with Crippen LogP contribution in [0.2, 0.25) is 0 Å². The average molecular weight is 738 g/mol. The van der Waals surface area contributed by atoms with E-state index in [1.165, 1.54) is 4.90 Å². The Labute approximate surface area is 293 Å². The van der Waals surface area contributed by atoms with Crippen molar-refractivity contribution in [2.45, 2.75) is 44.4 Å². The number of anilines is 1. The molecule has 2 aromatic carbocycles. The van der Waals surface area contributed by atoms with Gasteiger partial charge in [0.25, 0.3) is 0 Å². The maximum atomic E-state index is 12.0. The highest BCUT2D eigenvalue weighted by Gasteiger charge is 2.45. The molecule has 260 valence electrons. The number of carbonyl (C=O) groups is 1. The normalized spacial score (nSPS) is 22.0. The number of ether oxygens (including phenoxy) is 5.